The minimum atomic E-state index is 0.622. The Morgan fingerprint density at radius 2 is 0.804 bits per heavy atom. The predicted octanol–water partition coefficient (Wildman–Crippen LogP) is 12.5. The lowest BCUT2D eigenvalue weighted by Gasteiger charge is -2.16. The van der Waals surface area contributed by atoms with E-state index >= 15 is 0 Å². The standard InChI is InChI=1S/C47H29N3O/c1-2-12-33-28-46-41(27-32(33)11-1)48-47(51-46)31-23-21-30(22-24-31)34-25-35(49-42-17-7-3-13-37(42)38-14-4-8-18-43(38)49)29-36(26-34)50-44-19-9-5-15-39(44)40-16-6-10-20-45(40)50/h1-29H. The average molecular weight is 652 g/mol. The van der Waals surface area contributed by atoms with Crippen molar-refractivity contribution in [1.82, 2.24) is 14.1 Å². The molecule has 51 heavy (non-hydrogen) atoms. The van der Waals surface area contributed by atoms with Crippen molar-refractivity contribution in [2.24, 2.45) is 0 Å². The summed E-state index contributed by atoms with van der Waals surface area (Å²) in [5.74, 6) is 0.622. The minimum Gasteiger partial charge on any atom is -0.436 e. The maximum atomic E-state index is 6.29. The van der Waals surface area contributed by atoms with Gasteiger partial charge in [-0.2, -0.15) is 0 Å². The second-order valence-electron chi connectivity index (χ2n) is 13.2. The van der Waals surface area contributed by atoms with Crippen LogP contribution in [0, 0.1) is 0 Å². The zero-order valence-corrected chi connectivity index (χ0v) is 27.5. The van der Waals surface area contributed by atoms with Crippen molar-refractivity contribution in [3.8, 4) is 34.0 Å². The van der Waals surface area contributed by atoms with Crippen molar-refractivity contribution in [2.45, 2.75) is 0 Å². The molecule has 0 spiro atoms. The summed E-state index contributed by atoms with van der Waals surface area (Å²) in [6, 6.07) is 62.8. The number of aromatic nitrogens is 3. The van der Waals surface area contributed by atoms with Crippen LogP contribution in [0.15, 0.2) is 180 Å². The number of para-hydroxylation sites is 4. The van der Waals surface area contributed by atoms with Crippen LogP contribution in [0.2, 0.25) is 0 Å². The lowest BCUT2D eigenvalue weighted by atomic mass is 10.0. The summed E-state index contributed by atoms with van der Waals surface area (Å²) in [4.78, 5) is 4.87. The number of rotatable bonds is 4. The van der Waals surface area contributed by atoms with Gasteiger partial charge in [-0.1, -0.05) is 109 Å². The summed E-state index contributed by atoms with van der Waals surface area (Å²) in [6.45, 7) is 0. The van der Waals surface area contributed by atoms with E-state index in [-0.39, 0.29) is 0 Å². The molecule has 0 saturated heterocycles. The van der Waals surface area contributed by atoms with Crippen LogP contribution in [0.5, 0.6) is 0 Å². The second-order valence-corrected chi connectivity index (χ2v) is 13.2. The molecule has 0 fully saturated rings. The molecule has 0 saturated carbocycles. The molecule has 4 heteroatoms. The highest BCUT2D eigenvalue weighted by Crippen LogP contribution is 2.38. The highest BCUT2D eigenvalue weighted by molar-refractivity contribution is 6.10. The van der Waals surface area contributed by atoms with E-state index in [1.807, 2.05) is 6.07 Å². The summed E-state index contributed by atoms with van der Waals surface area (Å²) in [6.07, 6.45) is 0. The molecule has 0 unspecified atom stereocenters. The predicted molar refractivity (Wildman–Crippen MR) is 211 cm³/mol. The van der Waals surface area contributed by atoms with Crippen molar-refractivity contribution in [2.75, 3.05) is 0 Å². The number of benzene rings is 8. The van der Waals surface area contributed by atoms with Gasteiger partial charge in [-0.05, 0) is 88.6 Å². The Morgan fingerprint density at radius 1 is 0.373 bits per heavy atom. The Bertz CT molecular complexity index is 2850. The van der Waals surface area contributed by atoms with Gasteiger partial charge < -0.3 is 13.6 Å². The quantitative estimate of drug-likeness (QED) is 0.190. The van der Waals surface area contributed by atoms with Gasteiger partial charge in [0.2, 0.25) is 5.89 Å². The summed E-state index contributed by atoms with van der Waals surface area (Å²) in [5, 5.41) is 7.27. The van der Waals surface area contributed by atoms with Crippen molar-refractivity contribution < 1.29 is 4.42 Å². The van der Waals surface area contributed by atoms with Crippen molar-refractivity contribution >= 4 is 65.5 Å². The van der Waals surface area contributed by atoms with Crippen LogP contribution in [-0.2, 0) is 0 Å². The van der Waals surface area contributed by atoms with Gasteiger partial charge in [-0.15, -0.1) is 0 Å². The molecular formula is C47H29N3O. The van der Waals surface area contributed by atoms with Crippen LogP contribution in [0.4, 0.5) is 0 Å². The van der Waals surface area contributed by atoms with Gasteiger partial charge in [-0.3, -0.25) is 0 Å². The van der Waals surface area contributed by atoms with E-state index in [2.05, 4.69) is 179 Å². The van der Waals surface area contributed by atoms with E-state index in [4.69, 9.17) is 9.40 Å². The van der Waals surface area contributed by atoms with Crippen LogP contribution >= 0.6 is 0 Å². The first-order chi connectivity index (χ1) is 25.3. The Balaban J connectivity index is 1.12. The van der Waals surface area contributed by atoms with E-state index in [0.717, 1.165) is 49.9 Å². The molecule has 0 amide bonds. The lowest BCUT2D eigenvalue weighted by molar-refractivity contribution is 0.620. The van der Waals surface area contributed by atoms with Gasteiger partial charge in [0.1, 0.15) is 5.52 Å². The summed E-state index contributed by atoms with van der Waals surface area (Å²) in [5.41, 5.74) is 11.8. The molecule has 3 heterocycles. The van der Waals surface area contributed by atoms with E-state index in [0.29, 0.717) is 5.89 Å². The van der Waals surface area contributed by atoms with Crippen LogP contribution < -0.4 is 0 Å². The molecule has 0 aliphatic rings. The van der Waals surface area contributed by atoms with Gasteiger partial charge in [-0.25, -0.2) is 4.98 Å². The molecule has 0 aliphatic carbocycles. The summed E-state index contributed by atoms with van der Waals surface area (Å²) >= 11 is 0. The van der Waals surface area contributed by atoms with E-state index in [1.54, 1.807) is 0 Å². The zero-order chi connectivity index (χ0) is 33.5. The smallest absolute Gasteiger partial charge is 0.227 e. The van der Waals surface area contributed by atoms with Crippen molar-refractivity contribution in [3.05, 3.63) is 176 Å². The Morgan fingerprint density at radius 3 is 1.31 bits per heavy atom. The molecular weight excluding hydrogens is 623 g/mol. The first-order valence-corrected chi connectivity index (χ1v) is 17.3. The minimum absolute atomic E-state index is 0.622. The Labute approximate surface area is 293 Å². The monoisotopic (exact) mass is 651 g/mol. The second kappa shape index (κ2) is 10.8. The molecule has 0 bridgehead atoms. The first-order valence-electron chi connectivity index (χ1n) is 17.3. The third kappa shape index (κ3) is 4.30. The molecule has 11 rings (SSSR count). The lowest BCUT2D eigenvalue weighted by Crippen LogP contribution is -2.00. The number of oxazole rings is 1. The van der Waals surface area contributed by atoms with Crippen molar-refractivity contribution in [3.63, 3.8) is 0 Å². The van der Waals surface area contributed by atoms with E-state index in [9.17, 15) is 0 Å². The fourth-order valence-corrected chi connectivity index (χ4v) is 7.96. The Hall–Kier alpha value is -6.91. The highest BCUT2D eigenvalue weighted by atomic mass is 16.3. The summed E-state index contributed by atoms with van der Waals surface area (Å²) < 4.78 is 11.1. The topological polar surface area (TPSA) is 35.9 Å². The fraction of sp³-hybridized carbons (Fsp3) is 0. The maximum Gasteiger partial charge on any atom is 0.227 e. The van der Waals surface area contributed by atoms with Gasteiger partial charge in [0.25, 0.3) is 0 Å². The van der Waals surface area contributed by atoms with E-state index in [1.165, 1.54) is 43.6 Å². The Kier molecular flexibility index (Phi) is 5.92. The van der Waals surface area contributed by atoms with Gasteiger partial charge in [0.15, 0.2) is 5.58 Å². The van der Waals surface area contributed by atoms with Crippen LogP contribution in [0.1, 0.15) is 0 Å². The van der Waals surface area contributed by atoms with Crippen LogP contribution in [0.3, 0.4) is 0 Å². The van der Waals surface area contributed by atoms with Crippen LogP contribution in [0.25, 0.3) is 99.4 Å². The van der Waals surface area contributed by atoms with Gasteiger partial charge in [0, 0.05) is 38.5 Å². The molecule has 11 aromatic rings. The maximum absolute atomic E-state index is 6.29. The molecule has 0 N–H and O–H groups in total. The van der Waals surface area contributed by atoms with Crippen molar-refractivity contribution in [1.29, 1.82) is 0 Å². The molecule has 0 aliphatic heterocycles. The average Bonchev–Trinajstić information content (AvgIpc) is 3.87. The normalized spacial score (nSPS) is 11.9. The molecule has 8 aromatic carbocycles. The zero-order valence-electron chi connectivity index (χ0n) is 27.5. The molecule has 0 radical (unpaired) electrons. The third-order valence-electron chi connectivity index (χ3n) is 10.3. The fourth-order valence-electron chi connectivity index (χ4n) is 7.96. The molecule has 3 aromatic heterocycles. The number of fused-ring (bicyclic) bond motifs is 8. The molecule has 238 valence electrons. The highest BCUT2D eigenvalue weighted by Gasteiger charge is 2.17. The third-order valence-corrected chi connectivity index (χ3v) is 10.3. The number of hydrogen-bond acceptors (Lipinski definition) is 2. The first kappa shape index (κ1) is 28.0. The van der Waals surface area contributed by atoms with Gasteiger partial charge >= 0.3 is 0 Å². The van der Waals surface area contributed by atoms with Crippen LogP contribution in [-0.4, -0.2) is 14.1 Å². The molecule has 0 atom stereocenters. The SMILES string of the molecule is c1ccc2cc3oc(-c4ccc(-c5cc(-n6c7ccccc7c7ccccc76)cc(-n6c7ccccc7c7ccccc76)c5)cc4)nc3cc2c1. The summed E-state index contributed by atoms with van der Waals surface area (Å²) in [7, 11) is 0. The van der Waals surface area contributed by atoms with E-state index < -0.39 is 0 Å². The number of nitrogens with zero attached hydrogens (tertiary/aromatic N) is 3. The largest absolute Gasteiger partial charge is 0.436 e. The van der Waals surface area contributed by atoms with Gasteiger partial charge in [0.05, 0.1) is 22.1 Å². The molecule has 4 nitrogen and oxygen atoms in total. The number of hydrogen-bond donors (Lipinski definition) is 0.